The fraction of sp³-hybridized carbons (Fsp3) is 0. The van der Waals surface area contributed by atoms with Crippen molar-refractivity contribution in [1.29, 1.82) is 0 Å². The minimum absolute atomic E-state index is 0.239. The van der Waals surface area contributed by atoms with E-state index in [-0.39, 0.29) is 5.91 Å². The minimum atomic E-state index is -0.239. The minimum Gasteiger partial charge on any atom is -0.439 e. The van der Waals surface area contributed by atoms with E-state index < -0.39 is 0 Å². The maximum Gasteiger partial charge on any atom is 0.255 e. The Labute approximate surface area is 165 Å². The lowest BCUT2D eigenvalue weighted by Gasteiger charge is -2.08. The van der Waals surface area contributed by atoms with Crippen molar-refractivity contribution in [2.75, 3.05) is 5.32 Å². The number of hydrogen-bond acceptors (Lipinski definition) is 5. The van der Waals surface area contributed by atoms with Crippen LogP contribution in [0.5, 0.6) is 11.6 Å². The second-order valence-corrected chi connectivity index (χ2v) is 6.21. The average Bonchev–Trinajstić information content (AvgIpc) is 3.25. The molecule has 0 aliphatic rings. The summed E-state index contributed by atoms with van der Waals surface area (Å²) >= 11 is 5.92. The molecule has 0 atom stereocenters. The summed E-state index contributed by atoms with van der Waals surface area (Å²) in [5, 5.41) is 3.33. The van der Waals surface area contributed by atoms with Crippen molar-refractivity contribution in [3.63, 3.8) is 0 Å². The molecular weight excluding hydrogens is 378 g/mol. The molecule has 0 spiro atoms. The molecule has 0 saturated carbocycles. The topological polar surface area (TPSA) is 81.9 Å². The Kier molecular flexibility index (Phi) is 4.99. The number of ether oxygens (including phenoxy) is 1. The summed E-state index contributed by atoms with van der Waals surface area (Å²) in [7, 11) is 0. The van der Waals surface area contributed by atoms with E-state index in [2.05, 4.69) is 20.3 Å². The van der Waals surface area contributed by atoms with Gasteiger partial charge in [-0.1, -0.05) is 17.7 Å². The molecule has 0 bridgehead atoms. The van der Waals surface area contributed by atoms with E-state index in [1.54, 1.807) is 77.9 Å². The summed E-state index contributed by atoms with van der Waals surface area (Å²) in [5.74, 6) is 1.38. The summed E-state index contributed by atoms with van der Waals surface area (Å²) in [6.07, 6.45) is 6.51. The smallest absolute Gasteiger partial charge is 0.255 e. The number of rotatable bonds is 5. The highest BCUT2D eigenvalue weighted by Crippen LogP contribution is 2.23. The summed E-state index contributed by atoms with van der Waals surface area (Å²) in [4.78, 5) is 24.6. The van der Waals surface area contributed by atoms with Gasteiger partial charge in [0, 0.05) is 34.7 Å². The summed E-state index contributed by atoms with van der Waals surface area (Å²) < 4.78 is 7.52. The van der Waals surface area contributed by atoms with Gasteiger partial charge in [-0.05, 0) is 42.5 Å². The highest BCUT2D eigenvalue weighted by Gasteiger charge is 2.07. The average molecular weight is 392 g/mol. The third-order valence-corrected chi connectivity index (χ3v) is 4.05. The largest absolute Gasteiger partial charge is 0.439 e. The van der Waals surface area contributed by atoms with E-state index >= 15 is 0 Å². The molecule has 0 aliphatic heterocycles. The number of hydrogen-bond donors (Lipinski definition) is 1. The first-order valence-corrected chi connectivity index (χ1v) is 8.70. The molecule has 4 rings (SSSR count). The first-order valence-electron chi connectivity index (χ1n) is 8.32. The van der Waals surface area contributed by atoms with E-state index in [1.807, 2.05) is 0 Å². The van der Waals surface area contributed by atoms with Gasteiger partial charge in [0.25, 0.3) is 5.91 Å². The van der Waals surface area contributed by atoms with Crippen LogP contribution in [0.3, 0.4) is 0 Å². The number of nitrogens with zero attached hydrogens (tertiary/aromatic N) is 4. The van der Waals surface area contributed by atoms with E-state index in [0.29, 0.717) is 33.7 Å². The van der Waals surface area contributed by atoms with Gasteiger partial charge >= 0.3 is 0 Å². The van der Waals surface area contributed by atoms with E-state index in [4.69, 9.17) is 16.3 Å². The molecule has 8 heteroatoms. The van der Waals surface area contributed by atoms with Gasteiger partial charge in [-0.15, -0.1) is 0 Å². The summed E-state index contributed by atoms with van der Waals surface area (Å²) in [6.45, 7) is 0. The van der Waals surface area contributed by atoms with E-state index in [1.165, 1.54) is 6.33 Å². The lowest BCUT2D eigenvalue weighted by molar-refractivity contribution is 0.102. The van der Waals surface area contributed by atoms with Gasteiger partial charge in [-0.2, -0.15) is 0 Å². The van der Waals surface area contributed by atoms with Gasteiger partial charge in [0.15, 0.2) is 0 Å². The zero-order valence-electron chi connectivity index (χ0n) is 14.5. The van der Waals surface area contributed by atoms with Crippen LogP contribution >= 0.6 is 11.6 Å². The van der Waals surface area contributed by atoms with Crippen LogP contribution in [-0.2, 0) is 0 Å². The third kappa shape index (κ3) is 4.16. The van der Waals surface area contributed by atoms with E-state index in [9.17, 15) is 4.79 Å². The van der Waals surface area contributed by atoms with Gasteiger partial charge in [0.05, 0.1) is 0 Å². The predicted octanol–water partition coefficient (Wildman–Crippen LogP) is 4.36. The first kappa shape index (κ1) is 17.7. The molecule has 28 heavy (non-hydrogen) atoms. The van der Waals surface area contributed by atoms with Crippen molar-refractivity contribution in [3.8, 4) is 17.4 Å². The summed E-state index contributed by atoms with van der Waals surface area (Å²) in [6, 6.07) is 15.4. The normalized spacial score (nSPS) is 10.5. The Hall–Kier alpha value is -3.71. The second kappa shape index (κ2) is 7.89. The maximum atomic E-state index is 12.3. The number of carbonyl (C=O) groups is 1. The summed E-state index contributed by atoms with van der Waals surface area (Å²) in [5.41, 5.74) is 1.12. The second-order valence-electron chi connectivity index (χ2n) is 5.78. The quantitative estimate of drug-likeness (QED) is 0.546. The van der Waals surface area contributed by atoms with Crippen LogP contribution in [0.2, 0.25) is 5.02 Å². The van der Waals surface area contributed by atoms with Gasteiger partial charge in [-0.25, -0.2) is 15.0 Å². The molecule has 4 aromatic rings. The number of aromatic nitrogens is 4. The monoisotopic (exact) mass is 391 g/mol. The Balaban J connectivity index is 1.44. The number of anilines is 1. The molecular formula is C20H14ClN5O2. The van der Waals surface area contributed by atoms with Gasteiger partial charge in [0.2, 0.25) is 5.88 Å². The third-order valence-electron chi connectivity index (χ3n) is 3.82. The van der Waals surface area contributed by atoms with Gasteiger partial charge in [0.1, 0.15) is 24.2 Å². The Morgan fingerprint density at radius 2 is 1.93 bits per heavy atom. The molecule has 1 N–H and O–H groups in total. The molecule has 2 aromatic heterocycles. The molecule has 0 saturated heterocycles. The molecule has 0 unspecified atom stereocenters. The molecule has 2 aromatic carbocycles. The predicted molar refractivity (Wildman–Crippen MR) is 105 cm³/mol. The highest BCUT2D eigenvalue weighted by molar-refractivity contribution is 6.31. The van der Waals surface area contributed by atoms with Crippen LogP contribution in [0.4, 0.5) is 5.69 Å². The fourth-order valence-corrected chi connectivity index (χ4v) is 2.67. The Bertz CT molecular complexity index is 1100. The maximum absolute atomic E-state index is 12.3. The number of carbonyl (C=O) groups excluding carboxylic acids is 1. The molecule has 0 aliphatic carbocycles. The van der Waals surface area contributed by atoms with Crippen molar-refractivity contribution in [3.05, 3.63) is 90.2 Å². The molecule has 0 fully saturated rings. The SMILES string of the molecule is O=C(Nc1ccc(Oc2cc(-n3ccnc3)ncn2)cc1)c1cccc(Cl)c1. The van der Waals surface area contributed by atoms with Crippen LogP contribution < -0.4 is 10.1 Å². The molecule has 7 nitrogen and oxygen atoms in total. The number of amides is 1. The molecule has 2 heterocycles. The number of benzene rings is 2. The number of halogens is 1. The highest BCUT2D eigenvalue weighted by atomic mass is 35.5. The Morgan fingerprint density at radius 1 is 1.07 bits per heavy atom. The van der Waals surface area contributed by atoms with Crippen LogP contribution in [0.1, 0.15) is 10.4 Å². The zero-order chi connectivity index (χ0) is 19.3. The lowest BCUT2D eigenvalue weighted by Crippen LogP contribution is -2.11. The number of nitrogens with one attached hydrogen (secondary N) is 1. The number of imidazole rings is 1. The standard InChI is InChI=1S/C20H14ClN5O2/c21-15-3-1-2-14(10-15)20(27)25-16-4-6-17(7-5-16)28-19-11-18(23-12-24-19)26-9-8-22-13-26/h1-13H,(H,25,27). The zero-order valence-corrected chi connectivity index (χ0v) is 15.2. The van der Waals surface area contributed by atoms with E-state index in [0.717, 1.165) is 0 Å². The van der Waals surface area contributed by atoms with Crippen molar-refractivity contribution < 1.29 is 9.53 Å². The van der Waals surface area contributed by atoms with Crippen molar-refractivity contribution in [1.82, 2.24) is 19.5 Å². The fourth-order valence-electron chi connectivity index (χ4n) is 2.48. The first-order chi connectivity index (χ1) is 13.7. The van der Waals surface area contributed by atoms with Gasteiger partial charge in [-0.3, -0.25) is 9.36 Å². The van der Waals surface area contributed by atoms with Gasteiger partial charge < -0.3 is 10.1 Å². The van der Waals surface area contributed by atoms with Crippen LogP contribution in [0.15, 0.2) is 79.6 Å². The van der Waals surface area contributed by atoms with Crippen molar-refractivity contribution in [2.24, 2.45) is 0 Å². The van der Waals surface area contributed by atoms with Crippen molar-refractivity contribution in [2.45, 2.75) is 0 Å². The van der Waals surface area contributed by atoms with Crippen molar-refractivity contribution >= 4 is 23.2 Å². The van der Waals surface area contributed by atoms with Crippen LogP contribution in [0.25, 0.3) is 5.82 Å². The molecule has 0 radical (unpaired) electrons. The molecule has 1 amide bonds. The van der Waals surface area contributed by atoms with Crippen LogP contribution in [0, 0.1) is 0 Å². The van der Waals surface area contributed by atoms with Crippen LogP contribution in [-0.4, -0.2) is 25.4 Å². The molecule has 138 valence electrons. The lowest BCUT2D eigenvalue weighted by atomic mass is 10.2. The Morgan fingerprint density at radius 3 is 2.68 bits per heavy atom.